The quantitative estimate of drug-likeness (QED) is 0.818. The molecule has 1 aliphatic rings. The molecule has 8 heteroatoms. The zero-order valence-electron chi connectivity index (χ0n) is 15.4. The number of carboxylic acid groups (broad SMARTS) is 1. The van der Waals surface area contributed by atoms with E-state index in [2.05, 4.69) is 20.3 Å². The summed E-state index contributed by atoms with van der Waals surface area (Å²) < 4.78 is 0. The van der Waals surface area contributed by atoms with Crippen LogP contribution in [0, 0.1) is 25.7 Å². The summed E-state index contributed by atoms with van der Waals surface area (Å²) in [6, 6.07) is 5.55. The molecule has 27 heavy (non-hydrogen) atoms. The molecule has 2 atom stereocenters. The number of nitrogens with one attached hydrogen (secondary N) is 1. The molecule has 2 N–H and O–H groups in total. The fourth-order valence-corrected chi connectivity index (χ4v) is 3.32. The van der Waals surface area contributed by atoms with E-state index >= 15 is 0 Å². The van der Waals surface area contributed by atoms with Crippen LogP contribution in [0.5, 0.6) is 0 Å². The maximum absolute atomic E-state index is 12.7. The number of hydrogen-bond donors (Lipinski definition) is 2. The van der Waals surface area contributed by atoms with Crippen molar-refractivity contribution < 1.29 is 14.7 Å². The summed E-state index contributed by atoms with van der Waals surface area (Å²) in [5, 5.41) is 12.4. The van der Waals surface area contributed by atoms with Crippen molar-refractivity contribution >= 4 is 17.8 Å². The fourth-order valence-electron chi connectivity index (χ4n) is 3.32. The van der Waals surface area contributed by atoms with Gasteiger partial charge in [-0.1, -0.05) is 6.07 Å². The zero-order valence-corrected chi connectivity index (χ0v) is 15.4. The standard InChI is InChI=1S/C19H23N5O3/c1-12-6-13(2)23-19(22-12)24-10-15(7-16(11-24)18(26)27)17(25)21-9-14-4-3-5-20-8-14/h3-6,8,15-16H,7,9-11H2,1-2H3,(H,21,25)(H,26,27)/t15-,16+/m0/s1. The lowest BCUT2D eigenvalue weighted by atomic mass is 9.88. The number of carbonyl (C=O) groups excluding carboxylic acids is 1. The van der Waals surface area contributed by atoms with E-state index in [1.165, 1.54) is 0 Å². The van der Waals surface area contributed by atoms with E-state index in [0.29, 0.717) is 32.0 Å². The predicted octanol–water partition coefficient (Wildman–Crippen LogP) is 1.33. The molecule has 0 saturated carbocycles. The van der Waals surface area contributed by atoms with Gasteiger partial charge in [-0.05, 0) is 38.0 Å². The molecule has 0 radical (unpaired) electrons. The summed E-state index contributed by atoms with van der Waals surface area (Å²) >= 11 is 0. The van der Waals surface area contributed by atoms with Crippen LogP contribution in [0.4, 0.5) is 5.95 Å². The number of aromatic nitrogens is 3. The number of amides is 1. The Kier molecular flexibility index (Phi) is 5.63. The Labute approximate surface area is 157 Å². The number of aliphatic carboxylic acids is 1. The van der Waals surface area contributed by atoms with Gasteiger partial charge >= 0.3 is 5.97 Å². The zero-order chi connectivity index (χ0) is 19.4. The molecular weight excluding hydrogens is 346 g/mol. The van der Waals surface area contributed by atoms with Crippen LogP contribution in [0.3, 0.4) is 0 Å². The van der Waals surface area contributed by atoms with Gasteiger partial charge in [0.2, 0.25) is 11.9 Å². The molecule has 1 fully saturated rings. The Morgan fingerprint density at radius 1 is 1.22 bits per heavy atom. The van der Waals surface area contributed by atoms with E-state index in [9.17, 15) is 14.7 Å². The SMILES string of the molecule is Cc1cc(C)nc(N2C[C@H](C(=O)O)C[C@H](C(=O)NCc3cccnc3)C2)n1. The summed E-state index contributed by atoms with van der Waals surface area (Å²) in [5.74, 6) is -1.69. The first kappa shape index (κ1) is 18.8. The van der Waals surface area contributed by atoms with Crippen molar-refractivity contribution in [3.63, 3.8) is 0 Å². The van der Waals surface area contributed by atoms with E-state index in [1.807, 2.05) is 32.0 Å². The predicted molar refractivity (Wildman–Crippen MR) is 99.0 cm³/mol. The van der Waals surface area contributed by atoms with E-state index in [1.54, 1.807) is 17.3 Å². The van der Waals surface area contributed by atoms with E-state index < -0.39 is 17.8 Å². The highest BCUT2D eigenvalue weighted by Gasteiger charge is 2.36. The number of nitrogens with zero attached hydrogens (tertiary/aromatic N) is 4. The first-order valence-corrected chi connectivity index (χ1v) is 8.89. The monoisotopic (exact) mass is 369 g/mol. The Bertz CT molecular complexity index is 807. The topological polar surface area (TPSA) is 108 Å². The highest BCUT2D eigenvalue weighted by Crippen LogP contribution is 2.26. The average Bonchev–Trinajstić information content (AvgIpc) is 2.65. The van der Waals surface area contributed by atoms with Gasteiger partial charge in [-0.25, -0.2) is 9.97 Å². The second-order valence-electron chi connectivity index (χ2n) is 6.90. The molecule has 1 saturated heterocycles. The Morgan fingerprint density at radius 2 is 1.93 bits per heavy atom. The molecule has 1 amide bonds. The van der Waals surface area contributed by atoms with Crippen molar-refractivity contribution in [3.05, 3.63) is 47.5 Å². The Hall–Kier alpha value is -3.03. The smallest absolute Gasteiger partial charge is 0.308 e. The van der Waals surface area contributed by atoms with E-state index in [0.717, 1.165) is 17.0 Å². The molecule has 8 nitrogen and oxygen atoms in total. The third-order valence-corrected chi connectivity index (χ3v) is 4.61. The van der Waals surface area contributed by atoms with Crippen molar-refractivity contribution in [2.45, 2.75) is 26.8 Å². The lowest BCUT2D eigenvalue weighted by Gasteiger charge is -2.35. The number of carboxylic acids is 1. The van der Waals surface area contributed by atoms with Gasteiger partial charge in [-0.15, -0.1) is 0 Å². The highest BCUT2D eigenvalue weighted by atomic mass is 16.4. The summed E-state index contributed by atoms with van der Waals surface area (Å²) in [6.07, 6.45) is 3.66. The summed E-state index contributed by atoms with van der Waals surface area (Å²) in [6.45, 7) is 4.79. The molecule has 0 aromatic carbocycles. The van der Waals surface area contributed by atoms with Crippen LogP contribution in [0.25, 0.3) is 0 Å². The molecule has 0 bridgehead atoms. The van der Waals surface area contributed by atoms with E-state index in [4.69, 9.17) is 0 Å². The number of hydrogen-bond acceptors (Lipinski definition) is 6. The minimum absolute atomic E-state index is 0.167. The molecule has 0 unspecified atom stereocenters. The Balaban J connectivity index is 1.73. The number of aryl methyl sites for hydroxylation is 2. The molecule has 3 rings (SSSR count). The number of rotatable bonds is 5. The third-order valence-electron chi connectivity index (χ3n) is 4.61. The number of carbonyl (C=O) groups is 2. The lowest BCUT2D eigenvalue weighted by molar-refractivity contribution is -0.143. The molecule has 1 aliphatic heterocycles. The first-order valence-electron chi connectivity index (χ1n) is 8.89. The second-order valence-corrected chi connectivity index (χ2v) is 6.90. The van der Waals surface area contributed by atoms with Crippen LogP contribution in [0.1, 0.15) is 23.4 Å². The van der Waals surface area contributed by atoms with Gasteiger partial charge in [-0.2, -0.15) is 0 Å². The van der Waals surface area contributed by atoms with Crippen LogP contribution in [0.2, 0.25) is 0 Å². The molecule has 142 valence electrons. The van der Waals surface area contributed by atoms with Gasteiger partial charge in [0, 0.05) is 43.4 Å². The molecule has 2 aromatic rings. The van der Waals surface area contributed by atoms with Gasteiger partial charge in [0.1, 0.15) is 0 Å². The van der Waals surface area contributed by atoms with E-state index in [-0.39, 0.29) is 5.91 Å². The molecule has 0 aliphatic carbocycles. The summed E-state index contributed by atoms with van der Waals surface area (Å²) in [5.41, 5.74) is 2.52. The van der Waals surface area contributed by atoms with Crippen LogP contribution >= 0.6 is 0 Å². The Morgan fingerprint density at radius 3 is 2.56 bits per heavy atom. The second kappa shape index (κ2) is 8.11. The molecule has 0 spiro atoms. The van der Waals surface area contributed by atoms with Crippen LogP contribution in [-0.2, 0) is 16.1 Å². The molecule has 2 aromatic heterocycles. The van der Waals surface area contributed by atoms with Gasteiger partial charge in [0.05, 0.1) is 11.8 Å². The van der Waals surface area contributed by atoms with Crippen LogP contribution in [0.15, 0.2) is 30.6 Å². The van der Waals surface area contributed by atoms with Crippen molar-refractivity contribution in [1.82, 2.24) is 20.3 Å². The van der Waals surface area contributed by atoms with Gasteiger partial charge < -0.3 is 15.3 Å². The summed E-state index contributed by atoms with van der Waals surface area (Å²) in [4.78, 5) is 38.9. The number of pyridine rings is 1. The van der Waals surface area contributed by atoms with Crippen molar-refractivity contribution in [1.29, 1.82) is 0 Å². The maximum atomic E-state index is 12.7. The average molecular weight is 369 g/mol. The molecule has 3 heterocycles. The van der Waals surface area contributed by atoms with Crippen LogP contribution < -0.4 is 10.2 Å². The minimum atomic E-state index is -0.908. The van der Waals surface area contributed by atoms with Crippen molar-refractivity contribution in [2.24, 2.45) is 11.8 Å². The fraction of sp³-hybridized carbons (Fsp3) is 0.421. The number of anilines is 1. The summed E-state index contributed by atoms with van der Waals surface area (Å²) in [7, 11) is 0. The van der Waals surface area contributed by atoms with Gasteiger partial charge in [-0.3, -0.25) is 14.6 Å². The van der Waals surface area contributed by atoms with Crippen molar-refractivity contribution in [2.75, 3.05) is 18.0 Å². The van der Waals surface area contributed by atoms with Crippen LogP contribution in [-0.4, -0.2) is 45.0 Å². The van der Waals surface area contributed by atoms with Crippen molar-refractivity contribution in [3.8, 4) is 0 Å². The van der Waals surface area contributed by atoms with Gasteiger partial charge in [0.25, 0.3) is 0 Å². The largest absolute Gasteiger partial charge is 0.481 e. The maximum Gasteiger partial charge on any atom is 0.308 e. The number of piperidine rings is 1. The third kappa shape index (κ3) is 4.78. The molecular formula is C19H23N5O3. The van der Waals surface area contributed by atoms with Gasteiger partial charge in [0.15, 0.2) is 0 Å². The highest BCUT2D eigenvalue weighted by molar-refractivity contribution is 5.81. The minimum Gasteiger partial charge on any atom is -0.481 e. The lowest BCUT2D eigenvalue weighted by Crippen LogP contribution is -2.49. The first-order chi connectivity index (χ1) is 12.9. The normalized spacial score (nSPS) is 19.6.